The lowest BCUT2D eigenvalue weighted by Crippen LogP contribution is -2.66. The fourth-order valence-electron chi connectivity index (χ4n) is 30.5. The van der Waals surface area contributed by atoms with Gasteiger partial charge in [0.25, 0.3) is 0 Å². The number of alkyl halides is 3. The monoisotopic (exact) mass is 1600 g/mol. The van der Waals surface area contributed by atoms with Crippen LogP contribution in [-0.4, -0.2) is 65.8 Å². The minimum absolute atomic E-state index is 0. The molecule has 0 aliphatic heterocycles. The van der Waals surface area contributed by atoms with Crippen LogP contribution in [0, 0.1) is 182 Å². The highest BCUT2D eigenvalue weighted by molar-refractivity contribution is 6.05. The lowest BCUT2D eigenvalue weighted by Gasteiger charge is -2.69. The number of hydrogen-bond acceptors (Lipinski definition) is 9. The van der Waals surface area contributed by atoms with Crippen LogP contribution < -0.4 is 10.6 Å². The molecule has 0 saturated heterocycles. The minimum atomic E-state index is -4.51. The number of nitrogens with zero attached hydrogens (tertiary/aromatic N) is 4. The summed E-state index contributed by atoms with van der Waals surface area (Å²) in [6.45, 7) is 69.7. The van der Waals surface area contributed by atoms with Gasteiger partial charge in [-0.2, -0.15) is 18.4 Å². The molecule has 21 atom stereocenters. The summed E-state index contributed by atoms with van der Waals surface area (Å²) in [7, 11) is 0. The molecule has 15 rings (SSSR count). The summed E-state index contributed by atoms with van der Waals surface area (Å²) in [5, 5.41) is 15.8. The molecule has 0 aromatic carbocycles. The van der Waals surface area contributed by atoms with E-state index in [1.54, 1.807) is 12.2 Å². The van der Waals surface area contributed by atoms with Crippen molar-refractivity contribution in [3.63, 3.8) is 0 Å². The molecule has 14 nitrogen and oxygen atoms in total. The molecule has 0 radical (unpaired) electrons. The van der Waals surface area contributed by atoms with Gasteiger partial charge in [-0.05, 0) is 244 Å². The number of nitriles is 1. The molecular formula is C99H137F3N6O8. The van der Waals surface area contributed by atoms with Crippen molar-refractivity contribution in [3.8, 4) is 6.07 Å². The van der Waals surface area contributed by atoms with Crippen LogP contribution in [-0.2, 0) is 38.4 Å². The summed E-state index contributed by atoms with van der Waals surface area (Å²) < 4.78 is 39.4. The van der Waals surface area contributed by atoms with E-state index >= 15 is 0 Å². The molecule has 9 fully saturated rings. The second-order valence-corrected chi connectivity index (χ2v) is 45.4. The quantitative estimate of drug-likeness (QED) is 0.257. The topological polar surface area (TPSA) is 197 Å². The molecule has 2 amide bonds. The van der Waals surface area contributed by atoms with E-state index in [0.29, 0.717) is 38.6 Å². The maximum absolute atomic E-state index is 14.5. The Balaban J connectivity index is 0.000000170. The van der Waals surface area contributed by atoms with Crippen molar-refractivity contribution in [3.05, 3.63) is 105 Å². The highest BCUT2D eigenvalue weighted by Gasteiger charge is 2.75. The van der Waals surface area contributed by atoms with Crippen LogP contribution >= 0.6 is 0 Å². The highest BCUT2D eigenvalue weighted by Crippen LogP contribution is 2.79. The smallest absolute Gasteiger partial charge is 0.356 e. The zero-order chi connectivity index (χ0) is 84.5. The molecule has 0 unspecified atom stereocenters. The van der Waals surface area contributed by atoms with Gasteiger partial charge in [0.2, 0.25) is 28.9 Å². The first-order valence-corrected chi connectivity index (χ1v) is 43.1. The Morgan fingerprint density at radius 3 is 1.01 bits per heavy atom. The number of fused-ring (bicyclic) bond motifs is 21. The van der Waals surface area contributed by atoms with Crippen molar-refractivity contribution in [2.75, 3.05) is 13.1 Å². The third-order valence-corrected chi connectivity index (χ3v) is 37.4. The number of allylic oxidation sites excluding steroid dienone is 12. The second-order valence-electron chi connectivity index (χ2n) is 45.4. The van der Waals surface area contributed by atoms with Crippen LogP contribution in [0.2, 0.25) is 0 Å². The first-order chi connectivity index (χ1) is 52.3. The fraction of sp³-hybridized carbons (Fsp3) is 0.758. The molecule has 0 aromatic rings. The Kier molecular flexibility index (Phi) is 21.6. The van der Waals surface area contributed by atoms with E-state index in [0.717, 1.165) is 119 Å². The third-order valence-electron chi connectivity index (χ3n) is 37.4. The molecule has 632 valence electrons. The van der Waals surface area contributed by atoms with Crippen LogP contribution in [0.5, 0.6) is 0 Å². The van der Waals surface area contributed by atoms with Gasteiger partial charge < -0.3 is 25.0 Å². The minimum Gasteiger partial charge on any atom is -0.356 e. The van der Waals surface area contributed by atoms with Gasteiger partial charge in [-0.1, -0.05) is 195 Å². The van der Waals surface area contributed by atoms with E-state index in [-0.39, 0.29) is 158 Å². The van der Waals surface area contributed by atoms with E-state index in [4.69, 9.17) is 19.7 Å². The van der Waals surface area contributed by atoms with Crippen molar-refractivity contribution >= 4 is 46.5 Å². The third kappa shape index (κ3) is 12.2. The van der Waals surface area contributed by atoms with Gasteiger partial charge >= 0.3 is 6.18 Å². The average molecular weight is 1600 g/mol. The molecule has 0 bridgehead atoms. The number of carbonyl (C=O) groups excluding carboxylic acids is 8. The summed E-state index contributed by atoms with van der Waals surface area (Å²) in [6, 6.07) is 2.74. The average Bonchev–Trinajstić information content (AvgIpc) is 0.678. The fourth-order valence-corrected chi connectivity index (χ4v) is 30.5. The molecule has 17 heteroatoms. The van der Waals surface area contributed by atoms with Gasteiger partial charge in [0.15, 0.2) is 34.7 Å². The standard InChI is InChI=1S/C33H43F3N2O3.C33H46N2O3.C31H40N2O2.2CH4/c1-27(2)11-13-32(26(41)38-18-33(34,35)36)14-12-31(7)24(19(32)16-27)21(39)15-23-29(5)17-20(37-8)25(40)28(3,4)22(29)9-10-30(23,31)6;1-10-35-27(38)33-15-13-28(2,3)18-20(33)25-22(36)17-24-30(6)19-21(34-9)26(37)29(4,5)23(30)11-12-31(24,7)32(25,8)14-16-33;1-26(2)11-13-31(18-32)14-12-30(7)24(19(31)16-26)21(34)15-23-28(5)17-20(33-8)25(35)27(3,4)22(28)9-10-29(23,30)6;;/h15,17,19,22,24H,9-14,16,18H2,1-7H3,(H,38,41);17,19-20,23,25H,10-16,18H2,1-8H3,(H,35,38);15,17,19,22,24H,9-14,16H2,1-7H3;2*1H4/t19-,22-,24-,29-,30+,31+,32-;20-,23-,25-,30-,31+,32+,33-;19-,22-,24-,28-,29+,30+,31+;;/m000../s1. The van der Waals surface area contributed by atoms with E-state index < -0.39 is 84.1 Å². The van der Waals surface area contributed by atoms with Crippen LogP contribution in [0.3, 0.4) is 0 Å². The van der Waals surface area contributed by atoms with Gasteiger partial charge in [-0.3, -0.25) is 24.0 Å². The first kappa shape index (κ1) is 89.9. The lowest BCUT2D eigenvalue weighted by atomic mass is 9.34. The van der Waals surface area contributed by atoms with Gasteiger partial charge in [0.05, 0.1) is 42.0 Å². The molecule has 0 heterocycles. The summed E-state index contributed by atoms with van der Waals surface area (Å²) in [5.74, 6) is -1.51. The van der Waals surface area contributed by atoms with Gasteiger partial charge in [-0.15, -0.1) is 0 Å². The predicted octanol–water partition coefficient (Wildman–Crippen LogP) is 22.3. The number of nitrogens with one attached hydrogen (secondary N) is 2. The van der Waals surface area contributed by atoms with Crippen LogP contribution in [0.4, 0.5) is 13.2 Å². The summed E-state index contributed by atoms with van der Waals surface area (Å²) in [4.78, 5) is 121. The molecule has 0 aromatic heterocycles. The number of rotatable bonds is 4. The van der Waals surface area contributed by atoms with Crippen LogP contribution in [0.25, 0.3) is 14.5 Å². The van der Waals surface area contributed by atoms with Crippen LogP contribution in [0.15, 0.2) is 70.3 Å². The Hall–Kier alpha value is -6.85. The van der Waals surface area contributed by atoms with E-state index in [9.17, 15) is 56.8 Å². The predicted molar refractivity (Wildman–Crippen MR) is 446 cm³/mol. The van der Waals surface area contributed by atoms with Crippen molar-refractivity contribution < 1.29 is 51.5 Å². The number of carbonyl (C=O) groups is 8. The van der Waals surface area contributed by atoms with Crippen LogP contribution in [0.1, 0.15) is 302 Å². The van der Waals surface area contributed by atoms with Crippen molar-refractivity contribution in [1.29, 1.82) is 5.26 Å². The molecule has 15 aliphatic carbocycles. The maximum atomic E-state index is 14.5. The number of ketones is 6. The summed E-state index contributed by atoms with van der Waals surface area (Å²) in [5.41, 5.74) is -3.68. The van der Waals surface area contributed by atoms with E-state index in [1.165, 1.54) is 0 Å². The molecular weight excluding hydrogens is 1460 g/mol. The van der Waals surface area contributed by atoms with Crippen molar-refractivity contribution in [2.45, 2.75) is 308 Å². The normalized spacial score (nSPS) is 44.1. The molecule has 15 aliphatic rings. The second kappa shape index (κ2) is 27.9. The van der Waals surface area contributed by atoms with Crippen molar-refractivity contribution in [1.82, 2.24) is 10.6 Å². The van der Waals surface area contributed by atoms with Crippen molar-refractivity contribution in [2.24, 2.45) is 151 Å². The Morgan fingerprint density at radius 1 is 0.431 bits per heavy atom. The largest absolute Gasteiger partial charge is 0.405 e. The highest BCUT2D eigenvalue weighted by atomic mass is 19.4. The van der Waals surface area contributed by atoms with E-state index in [1.807, 2.05) is 72.8 Å². The number of hydrogen-bond donors (Lipinski definition) is 2. The Bertz CT molecular complexity index is 4620. The Labute approximate surface area is 692 Å². The zero-order valence-electron chi connectivity index (χ0n) is 72.6. The maximum Gasteiger partial charge on any atom is 0.405 e. The molecule has 9 saturated carbocycles. The van der Waals surface area contributed by atoms with E-state index in [2.05, 4.69) is 135 Å². The zero-order valence-corrected chi connectivity index (χ0v) is 72.6. The number of Topliss-reactive ketones (excluding diaryl/α,β-unsaturated/α-hetero) is 3. The van der Waals surface area contributed by atoms with Gasteiger partial charge in [0.1, 0.15) is 6.54 Å². The number of halogens is 3. The van der Waals surface area contributed by atoms with Gasteiger partial charge in [0, 0.05) is 56.8 Å². The lowest BCUT2D eigenvalue weighted by molar-refractivity contribution is -0.181. The molecule has 116 heavy (non-hydrogen) atoms. The summed E-state index contributed by atoms with van der Waals surface area (Å²) >= 11 is 0. The molecule has 0 spiro atoms. The SMILES string of the molecule is C.C.[C-]#[N+]C1=C[C@]2(C)C3=CC(=O)[C@@H]4[C@@H]5CC(C)(C)CC[C@]5(C#N)CC[C@@]4(C)[C@]3(C)CC[C@H]2C(C)(C)C1=O.[C-]#[N+]C1=C[C@]2(C)C3=CC(=O)[C@@H]4[C@@H]5CC(C)(C)CC[C@]5(C(=O)NCC(F)(F)F)CC[C@@]4(C)[C@]3(C)CC[C@H]2C(C)(C)C1=O.[C-]#[N+]C1=C[C@]2(C)C3=CC(=O)[C@@H]4[C@@H]5CC(C)(C)CC[C@]5(C(=O)NCC)CC[C@@]4(C)[C@]3(C)CC[C@H]2C(C)(C)C1=O. The Morgan fingerprint density at radius 2 is 0.707 bits per heavy atom. The first-order valence-electron chi connectivity index (χ1n) is 43.1. The number of amides is 2. The van der Waals surface area contributed by atoms with Gasteiger partial charge in [-0.25, -0.2) is 14.5 Å². The molecule has 2 N–H and O–H groups in total. The summed E-state index contributed by atoms with van der Waals surface area (Å²) in [6.07, 6.45) is 23.7.